The van der Waals surface area contributed by atoms with Gasteiger partial charge < -0.3 is 4.74 Å². The Balaban J connectivity index is 2.41. The van der Waals surface area contributed by atoms with Gasteiger partial charge in [0.2, 0.25) is 0 Å². The number of rotatable bonds is 4. The van der Waals surface area contributed by atoms with Gasteiger partial charge in [0.25, 0.3) is 0 Å². The molecular weight excluding hydrogens is 222 g/mol. The van der Waals surface area contributed by atoms with Crippen molar-refractivity contribution in [1.29, 1.82) is 0 Å². The maximum atomic E-state index is 11.3. The highest BCUT2D eigenvalue weighted by molar-refractivity contribution is 7.13. The van der Waals surface area contributed by atoms with Gasteiger partial charge in [0, 0.05) is 5.38 Å². The minimum Gasteiger partial charge on any atom is -0.462 e. The lowest BCUT2D eigenvalue weighted by Crippen LogP contribution is -2.15. The van der Waals surface area contributed by atoms with Crippen LogP contribution in [0.3, 0.4) is 0 Å². The maximum absolute atomic E-state index is 11.3. The Morgan fingerprint density at radius 2 is 2.50 bits per heavy atom. The number of hydrogen-bond acceptors (Lipinski definition) is 4. The molecule has 1 unspecified atom stereocenters. The molecule has 1 atom stereocenters. The van der Waals surface area contributed by atoms with Crippen molar-refractivity contribution in [3.05, 3.63) is 15.5 Å². The van der Waals surface area contributed by atoms with E-state index in [1.54, 1.807) is 5.38 Å². The molecule has 0 N–H and O–H groups in total. The average molecular weight is 234 g/mol. The van der Waals surface area contributed by atoms with Crippen LogP contribution in [0.25, 0.3) is 0 Å². The van der Waals surface area contributed by atoms with Crippen LogP contribution >= 0.6 is 22.9 Å². The van der Waals surface area contributed by atoms with E-state index in [1.807, 2.05) is 13.8 Å². The van der Waals surface area contributed by atoms with Crippen LogP contribution in [0.5, 0.6) is 0 Å². The van der Waals surface area contributed by atoms with E-state index in [-0.39, 0.29) is 18.5 Å². The van der Waals surface area contributed by atoms with Crippen LogP contribution in [0.2, 0.25) is 4.47 Å². The minimum atomic E-state index is -0.249. The molecule has 1 heterocycles. The molecule has 0 aliphatic carbocycles. The Kier molecular flexibility index (Phi) is 4.35. The SMILES string of the molecule is CCC(C)OC(=O)Cc1csc(Cl)n1. The van der Waals surface area contributed by atoms with Crippen LogP contribution in [0, 0.1) is 0 Å². The van der Waals surface area contributed by atoms with Crippen molar-refractivity contribution in [2.75, 3.05) is 0 Å². The number of hydrogen-bond donors (Lipinski definition) is 0. The second-order valence-electron chi connectivity index (χ2n) is 2.98. The van der Waals surface area contributed by atoms with Gasteiger partial charge in [0.15, 0.2) is 4.47 Å². The van der Waals surface area contributed by atoms with E-state index in [2.05, 4.69) is 4.98 Å². The molecule has 5 heteroatoms. The Morgan fingerprint density at radius 1 is 1.79 bits per heavy atom. The zero-order chi connectivity index (χ0) is 10.6. The lowest BCUT2D eigenvalue weighted by Gasteiger charge is -2.09. The zero-order valence-electron chi connectivity index (χ0n) is 8.12. The Hall–Kier alpha value is -0.610. The quantitative estimate of drug-likeness (QED) is 0.751. The van der Waals surface area contributed by atoms with Gasteiger partial charge in [0.1, 0.15) is 0 Å². The highest BCUT2D eigenvalue weighted by Crippen LogP contribution is 2.15. The van der Waals surface area contributed by atoms with E-state index in [1.165, 1.54) is 11.3 Å². The molecule has 0 bridgehead atoms. The van der Waals surface area contributed by atoms with Crippen molar-refractivity contribution in [2.45, 2.75) is 32.8 Å². The lowest BCUT2D eigenvalue weighted by molar-refractivity contribution is -0.147. The van der Waals surface area contributed by atoms with E-state index in [0.29, 0.717) is 10.2 Å². The summed E-state index contributed by atoms with van der Waals surface area (Å²) in [6, 6.07) is 0. The predicted octanol–water partition coefficient (Wildman–Crippen LogP) is 2.68. The van der Waals surface area contributed by atoms with E-state index in [0.717, 1.165) is 6.42 Å². The molecule has 14 heavy (non-hydrogen) atoms. The summed E-state index contributed by atoms with van der Waals surface area (Å²) in [4.78, 5) is 15.3. The van der Waals surface area contributed by atoms with Gasteiger partial charge in [-0.2, -0.15) is 0 Å². The highest BCUT2D eigenvalue weighted by Gasteiger charge is 2.10. The third kappa shape index (κ3) is 3.64. The fourth-order valence-electron chi connectivity index (χ4n) is 0.861. The van der Waals surface area contributed by atoms with Crippen molar-refractivity contribution in [2.24, 2.45) is 0 Å². The first kappa shape index (κ1) is 11.5. The van der Waals surface area contributed by atoms with Crippen molar-refractivity contribution in [3.8, 4) is 0 Å². The number of halogens is 1. The molecule has 3 nitrogen and oxygen atoms in total. The first-order chi connectivity index (χ1) is 6.61. The molecule has 0 saturated carbocycles. The van der Waals surface area contributed by atoms with Crippen molar-refractivity contribution < 1.29 is 9.53 Å². The standard InChI is InChI=1S/C9H12ClNO2S/c1-3-6(2)13-8(12)4-7-5-14-9(10)11-7/h5-6H,3-4H2,1-2H3. The molecule has 0 radical (unpaired) electrons. The summed E-state index contributed by atoms with van der Waals surface area (Å²) in [5.74, 6) is -0.249. The number of esters is 1. The summed E-state index contributed by atoms with van der Waals surface area (Å²) in [5, 5.41) is 1.76. The van der Waals surface area contributed by atoms with Gasteiger partial charge in [-0.1, -0.05) is 18.5 Å². The third-order valence-electron chi connectivity index (χ3n) is 1.76. The zero-order valence-corrected chi connectivity index (χ0v) is 9.69. The summed E-state index contributed by atoms with van der Waals surface area (Å²) >= 11 is 6.95. The van der Waals surface area contributed by atoms with Gasteiger partial charge in [-0.25, -0.2) is 4.98 Å². The molecule has 0 saturated heterocycles. The highest BCUT2D eigenvalue weighted by atomic mass is 35.5. The molecule has 0 aliphatic heterocycles. The van der Waals surface area contributed by atoms with Crippen LogP contribution < -0.4 is 0 Å². The Morgan fingerprint density at radius 3 is 3.00 bits per heavy atom. The lowest BCUT2D eigenvalue weighted by atomic mass is 10.3. The van der Waals surface area contributed by atoms with Crippen LogP contribution in [0.15, 0.2) is 5.38 Å². The first-order valence-electron chi connectivity index (χ1n) is 4.41. The van der Waals surface area contributed by atoms with E-state index in [9.17, 15) is 4.79 Å². The molecule has 0 amide bonds. The summed E-state index contributed by atoms with van der Waals surface area (Å²) in [7, 11) is 0. The maximum Gasteiger partial charge on any atom is 0.312 e. The molecule has 1 rings (SSSR count). The largest absolute Gasteiger partial charge is 0.462 e. The molecule has 0 spiro atoms. The Labute approximate surface area is 92.1 Å². The van der Waals surface area contributed by atoms with Gasteiger partial charge in [0.05, 0.1) is 18.2 Å². The fraction of sp³-hybridized carbons (Fsp3) is 0.556. The number of thiazole rings is 1. The second-order valence-corrected chi connectivity index (χ2v) is 4.42. The van der Waals surface area contributed by atoms with Crippen LogP contribution in [0.1, 0.15) is 26.0 Å². The number of aromatic nitrogens is 1. The number of carbonyl (C=O) groups is 1. The number of ether oxygens (including phenoxy) is 1. The number of nitrogens with zero attached hydrogens (tertiary/aromatic N) is 1. The van der Waals surface area contributed by atoms with E-state index >= 15 is 0 Å². The van der Waals surface area contributed by atoms with E-state index < -0.39 is 0 Å². The molecule has 1 aromatic rings. The monoisotopic (exact) mass is 233 g/mol. The van der Waals surface area contributed by atoms with Crippen molar-refractivity contribution in [3.63, 3.8) is 0 Å². The first-order valence-corrected chi connectivity index (χ1v) is 5.67. The Bertz CT molecular complexity index is 314. The van der Waals surface area contributed by atoms with Gasteiger partial charge in [-0.05, 0) is 13.3 Å². The molecule has 78 valence electrons. The molecule has 1 aromatic heterocycles. The normalized spacial score (nSPS) is 12.5. The van der Waals surface area contributed by atoms with Crippen LogP contribution in [-0.2, 0) is 16.0 Å². The molecule has 0 aliphatic rings. The van der Waals surface area contributed by atoms with Crippen LogP contribution in [-0.4, -0.2) is 17.1 Å². The second kappa shape index (κ2) is 5.32. The molecular formula is C9H12ClNO2S. The summed E-state index contributed by atoms with van der Waals surface area (Å²) in [5.41, 5.74) is 0.674. The fourth-order valence-corrected chi connectivity index (χ4v) is 1.64. The summed E-state index contributed by atoms with van der Waals surface area (Å²) in [6.45, 7) is 3.84. The summed E-state index contributed by atoms with van der Waals surface area (Å²) < 4.78 is 5.55. The van der Waals surface area contributed by atoms with Gasteiger partial charge in [-0.15, -0.1) is 11.3 Å². The smallest absolute Gasteiger partial charge is 0.312 e. The average Bonchev–Trinajstić information content (AvgIpc) is 2.50. The van der Waals surface area contributed by atoms with Crippen molar-refractivity contribution >= 4 is 28.9 Å². The third-order valence-corrected chi connectivity index (χ3v) is 2.78. The van der Waals surface area contributed by atoms with Gasteiger partial charge >= 0.3 is 5.97 Å². The molecule has 0 aromatic carbocycles. The topological polar surface area (TPSA) is 39.2 Å². The van der Waals surface area contributed by atoms with E-state index in [4.69, 9.17) is 16.3 Å². The minimum absolute atomic E-state index is 0.0309. The summed E-state index contributed by atoms with van der Waals surface area (Å²) in [6.07, 6.45) is 0.994. The van der Waals surface area contributed by atoms with Crippen LogP contribution in [0.4, 0.5) is 0 Å². The number of carbonyl (C=O) groups excluding carboxylic acids is 1. The van der Waals surface area contributed by atoms with Gasteiger partial charge in [-0.3, -0.25) is 4.79 Å². The predicted molar refractivity (Wildman–Crippen MR) is 56.7 cm³/mol. The van der Waals surface area contributed by atoms with Crippen molar-refractivity contribution in [1.82, 2.24) is 4.98 Å². The molecule has 0 fully saturated rings.